The number of ether oxygens (including phenoxy) is 1. The fraction of sp³-hybridized carbons (Fsp3) is 0.562. The van der Waals surface area contributed by atoms with E-state index in [2.05, 4.69) is 10.1 Å². The van der Waals surface area contributed by atoms with Crippen molar-refractivity contribution in [2.24, 2.45) is 11.1 Å². The lowest BCUT2D eigenvalue weighted by Crippen LogP contribution is -2.36. The van der Waals surface area contributed by atoms with Crippen LogP contribution in [0.2, 0.25) is 0 Å². The Morgan fingerprint density at radius 2 is 1.87 bits per heavy atom. The number of alkyl halides is 3. The number of hydrogen-bond acceptors (Lipinski definition) is 3. The third-order valence-electron chi connectivity index (χ3n) is 4.27. The van der Waals surface area contributed by atoms with Crippen molar-refractivity contribution in [3.63, 3.8) is 0 Å². The summed E-state index contributed by atoms with van der Waals surface area (Å²) in [6.07, 6.45) is 0.337. The van der Waals surface area contributed by atoms with Gasteiger partial charge in [0.15, 0.2) is 5.75 Å². The van der Waals surface area contributed by atoms with Crippen molar-refractivity contribution in [1.82, 2.24) is 0 Å². The SMILES string of the molecule is NCC1(CC(=O)Nc2ccccc2OC(F)(F)F)CCCCC1. The summed E-state index contributed by atoms with van der Waals surface area (Å²) in [6.45, 7) is 0.404. The van der Waals surface area contributed by atoms with E-state index in [1.54, 1.807) is 0 Å². The minimum absolute atomic E-state index is 0.0119. The quantitative estimate of drug-likeness (QED) is 0.862. The second-order valence-electron chi connectivity index (χ2n) is 6.03. The van der Waals surface area contributed by atoms with Crippen molar-refractivity contribution < 1.29 is 22.7 Å². The van der Waals surface area contributed by atoms with E-state index in [0.29, 0.717) is 6.54 Å². The van der Waals surface area contributed by atoms with Gasteiger partial charge in [-0.1, -0.05) is 31.4 Å². The average Bonchev–Trinajstić information content (AvgIpc) is 2.49. The van der Waals surface area contributed by atoms with Gasteiger partial charge in [-0.25, -0.2) is 0 Å². The van der Waals surface area contributed by atoms with E-state index in [4.69, 9.17) is 5.73 Å². The molecule has 4 nitrogen and oxygen atoms in total. The molecule has 1 saturated carbocycles. The van der Waals surface area contributed by atoms with Crippen LogP contribution in [0.1, 0.15) is 38.5 Å². The zero-order valence-electron chi connectivity index (χ0n) is 12.8. The van der Waals surface area contributed by atoms with Crippen LogP contribution in [-0.4, -0.2) is 18.8 Å². The van der Waals surface area contributed by atoms with E-state index in [1.165, 1.54) is 24.3 Å². The molecule has 0 aliphatic heterocycles. The topological polar surface area (TPSA) is 64.4 Å². The van der Waals surface area contributed by atoms with Crippen LogP contribution in [0, 0.1) is 5.41 Å². The number of benzene rings is 1. The van der Waals surface area contributed by atoms with Crippen LogP contribution in [0.15, 0.2) is 24.3 Å². The zero-order chi connectivity index (χ0) is 16.9. The van der Waals surface area contributed by atoms with Gasteiger partial charge < -0.3 is 15.8 Å². The predicted molar refractivity (Wildman–Crippen MR) is 80.9 cm³/mol. The number of nitrogens with one attached hydrogen (secondary N) is 1. The molecule has 0 bridgehead atoms. The van der Waals surface area contributed by atoms with E-state index in [-0.39, 0.29) is 23.4 Å². The Morgan fingerprint density at radius 3 is 2.48 bits per heavy atom. The molecular weight excluding hydrogens is 309 g/mol. The van der Waals surface area contributed by atoms with Crippen LogP contribution in [0.5, 0.6) is 5.75 Å². The number of para-hydroxylation sites is 2. The highest BCUT2D eigenvalue weighted by Gasteiger charge is 2.34. The molecule has 128 valence electrons. The Labute approximate surface area is 133 Å². The molecule has 1 amide bonds. The summed E-state index contributed by atoms with van der Waals surface area (Å²) in [5, 5.41) is 2.52. The predicted octanol–water partition coefficient (Wildman–Crippen LogP) is 3.82. The molecule has 0 unspecified atom stereocenters. The van der Waals surface area contributed by atoms with Crippen molar-refractivity contribution in [3.8, 4) is 5.75 Å². The molecule has 3 N–H and O–H groups in total. The van der Waals surface area contributed by atoms with Crippen LogP contribution in [0.4, 0.5) is 18.9 Å². The molecule has 0 aromatic heterocycles. The normalized spacial score (nSPS) is 17.6. The van der Waals surface area contributed by atoms with Gasteiger partial charge in [0.1, 0.15) is 0 Å². The number of hydrogen-bond donors (Lipinski definition) is 2. The number of rotatable bonds is 5. The van der Waals surface area contributed by atoms with Crippen LogP contribution in [0.25, 0.3) is 0 Å². The van der Waals surface area contributed by atoms with Gasteiger partial charge >= 0.3 is 6.36 Å². The van der Waals surface area contributed by atoms with Gasteiger partial charge in [-0.15, -0.1) is 13.2 Å². The number of anilines is 1. The van der Waals surface area contributed by atoms with E-state index >= 15 is 0 Å². The zero-order valence-corrected chi connectivity index (χ0v) is 12.8. The minimum Gasteiger partial charge on any atom is -0.404 e. The number of amides is 1. The lowest BCUT2D eigenvalue weighted by atomic mass is 9.71. The molecule has 23 heavy (non-hydrogen) atoms. The molecule has 1 aromatic carbocycles. The fourth-order valence-electron chi connectivity index (χ4n) is 3.07. The molecular formula is C16H21F3N2O2. The van der Waals surface area contributed by atoms with Gasteiger partial charge in [-0.05, 0) is 36.9 Å². The Hall–Kier alpha value is -1.76. The highest BCUT2D eigenvalue weighted by atomic mass is 19.4. The molecule has 1 aliphatic rings. The maximum absolute atomic E-state index is 12.4. The summed E-state index contributed by atoms with van der Waals surface area (Å²) >= 11 is 0. The highest BCUT2D eigenvalue weighted by molar-refractivity contribution is 5.92. The fourth-order valence-corrected chi connectivity index (χ4v) is 3.07. The first-order valence-electron chi connectivity index (χ1n) is 7.68. The molecule has 1 fully saturated rings. The third-order valence-corrected chi connectivity index (χ3v) is 4.27. The number of nitrogens with two attached hydrogens (primary N) is 1. The summed E-state index contributed by atoms with van der Waals surface area (Å²) in [5.41, 5.74) is 5.60. The van der Waals surface area contributed by atoms with Crippen LogP contribution < -0.4 is 15.8 Å². The summed E-state index contributed by atoms with van der Waals surface area (Å²) in [6, 6.07) is 5.51. The maximum atomic E-state index is 12.4. The van der Waals surface area contributed by atoms with Crippen LogP contribution in [0.3, 0.4) is 0 Å². The standard InChI is InChI=1S/C16H21F3N2O2/c17-16(18,19)23-13-7-3-2-6-12(13)21-14(22)10-15(11-20)8-4-1-5-9-15/h2-3,6-7H,1,4-5,8-11,20H2,(H,21,22). The van der Waals surface area contributed by atoms with E-state index in [1.807, 2.05) is 0 Å². The Kier molecular flexibility index (Phi) is 5.51. The van der Waals surface area contributed by atoms with Gasteiger partial charge in [0.2, 0.25) is 5.91 Å². The molecule has 0 atom stereocenters. The smallest absolute Gasteiger partial charge is 0.404 e. The van der Waals surface area contributed by atoms with Crippen LogP contribution in [-0.2, 0) is 4.79 Å². The van der Waals surface area contributed by atoms with Gasteiger partial charge in [0.05, 0.1) is 5.69 Å². The molecule has 0 spiro atoms. The van der Waals surface area contributed by atoms with Gasteiger partial charge in [-0.2, -0.15) is 0 Å². The van der Waals surface area contributed by atoms with Gasteiger partial charge in [0, 0.05) is 6.42 Å². The Balaban J connectivity index is 2.05. The molecule has 0 radical (unpaired) electrons. The van der Waals surface area contributed by atoms with E-state index in [9.17, 15) is 18.0 Å². The lowest BCUT2D eigenvalue weighted by Gasteiger charge is -2.35. The molecule has 1 aliphatic carbocycles. The number of halogens is 3. The monoisotopic (exact) mass is 330 g/mol. The van der Waals surface area contributed by atoms with Crippen molar-refractivity contribution in [2.75, 3.05) is 11.9 Å². The maximum Gasteiger partial charge on any atom is 0.573 e. The first-order chi connectivity index (χ1) is 10.8. The molecule has 7 heteroatoms. The van der Waals surface area contributed by atoms with Gasteiger partial charge in [0.25, 0.3) is 0 Å². The third kappa shape index (κ3) is 5.13. The van der Waals surface area contributed by atoms with E-state index < -0.39 is 12.1 Å². The first-order valence-corrected chi connectivity index (χ1v) is 7.68. The largest absolute Gasteiger partial charge is 0.573 e. The second-order valence-corrected chi connectivity index (χ2v) is 6.03. The lowest BCUT2D eigenvalue weighted by molar-refractivity contribution is -0.274. The molecule has 0 heterocycles. The number of carbonyl (C=O) groups excluding carboxylic acids is 1. The van der Waals surface area contributed by atoms with Crippen molar-refractivity contribution in [2.45, 2.75) is 44.9 Å². The number of carbonyl (C=O) groups is 1. The van der Waals surface area contributed by atoms with Crippen molar-refractivity contribution in [1.29, 1.82) is 0 Å². The second kappa shape index (κ2) is 7.21. The van der Waals surface area contributed by atoms with Crippen LogP contribution >= 0.6 is 0 Å². The first kappa shape index (κ1) is 17.6. The summed E-state index contributed by atoms with van der Waals surface area (Å²) < 4.78 is 41.1. The Morgan fingerprint density at radius 1 is 1.22 bits per heavy atom. The minimum atomic E-state index is -4.80. The van der Waals surface area contributed by atoms with Crippen molar-refractivity contribution >= 4 is 11.6 Å². The summed E-state index contributed by atoms with van der Waals surface area (Å²) in [4.78, 5) is 12.3. The highest BCUT2D eigenvalue weighted by Crippen LogP contribution is 2.39. The van der Waals surface area contributed by atoms with Gasteiger partial charge in [-0.3, -0.25) is 4.79 Å². The summed E-state index contributed by atoms with van der Waals surface area (Å²) in [7, 11) is 0. The molecule has 0 saturated heterocycles. The van der Waals surface area contributed by atoms with E-state index in [0.717, 1.165) is 32.1 Å². The molecule has 1 aromatic rings. The molecule has 2 rings (SSSR count). The van der Waals surface area contributed by atoms with Crippen molar-refractivity contribution in [3.05, 3.63) is 24.3 Å². The Bertz CT molecular complexity index is 540. The summed E-state index contributed by atoms with van der Waals surface area (Å²) in [5.74, 6) is -0.755. The average molecular weight is 330 g/mol.